The lowest BCUT2D eigenvalue weighted by Gasteiger charge is -2.52. The normalized spacial score (nSPS) is 23.1. The molecule has 1 N–H and O–H groups in total. The van der Waals surface area contributed by atoms with Crippen LogP contribution in [0.5, 0.6) is 0 Å². The molecule has 0 aromatic carbocycles. The molecule has 2 aliphatic rings. The minimum Gasteiger partial charge on any atom is -0.459 e. The van der Waals surface area contributed by atoms with Gasteiger partial charge in [-0.1, -0.05) is 0 Å². The maximum Gasteiger partial charge on any atom is 0.289 e. The number of carbonyl (C=O) groups is 1. The van der Waals surface area contributed by atoms with Crippen molar-refractivity contribution >= 4 is 5.91 Å². The third-order valence-electron chi connectivity index (χ3n) is 3.74. The molecule has 1 aromatic heterocycles. The van der Waals surface area contributed by atoms with Crippen molar-refractivity contribution in [2.24, 2.45) is 5.41 Å². The zero-order valence-electron chi connectivity index (χ0n) is 9.24. The van der Waals surface area contributed by atoms with E-state index in [0.29, 0.717) is 11.2 Å². The zero-order chi connectivity index (χ0) is 11.0. The van der Waals surface area contributed by atoms with Gasteiger partial charge in [-0.25, -0.2) is 0 Å². The van der Waals surface area contributed by atoms with Crippen molar-refractivity contribution in [3.8, 4) is 0 Å². The first-order chi connectivity index (χ1) is 7.79. The average Bonchev–Trinajstić information content (AvgIpc) is 2.79. The molecular formula is C12H16N2O2. The van der Waals surface area contributed by atoms with Gasteiger partial charge >= 0.3 is 0 Å². The van der Waals surface area contributed by atoms with Gasteiger partial charge in [0.2, 0.25) is 0 Å². The number of nitrogens with zero attached hydrogens (tertiary/aromatic N) is 1. The molecule has 0 atom stereocenters. The molecule has 0 saturated carbocycles. The van der Waals surface area contributed by atoms with E-state index in [0.717, 1.165) is 26.2 Å². The first kappa shape index (κ1) is 9.90. The summed E-state index contributed by atoms with van der Waals surface area (Å²) in [5.41, 5.74) is 0.396. The lowest BCUT2D eigenvalue weighted by Crippen LogP contribution is -2.61. The molecule has 1 spiro atoms. The fourth-order valence-corrected chi connectivity index (χ4v) is 2.74. The number of carbonyl (C=O) groups excluding carboxylic acids is 1. The Kier molecular flexibility index (Phi) is 2.24. The van der Waals surface area contributed by atoms with E-state index in [2.05, 4.69) is 5.32 Å². The van der Waals surface area contributed by atoms with Crippen LogP contribution in [-0.2, 0) is 0 Å². The van der Waals surface area contributed by atoms with Crippen LogP contribution in [-0.4, -0.2) is 37.0 Å². The smallest absolute Gasteiger partial charge is 0.289 e. The van der Waals surface area contributed by atoms with Crippen LogP contribution in [0.2, 0.25) is 0 Å². The summed E-state index contributed by atoms with van der Waals surface area (Å²) in [7, 11) is 0. The van der Waals surface area contributed by atoms with Crippen molar-refractivity contribution in [1.29, 1.82) is 0 Å². The van der Waals surface area contributed by atoms with E-state index in [9.17, 15) is 4.79 Å². The van der Waals surface area contributed by atoms with Gasteiger partial charge in [0, 0.05) is 18.5 Å². The molecule has 3 heterocycles. The van der Waals surface area contributed by atoms with Gasteiger partial charge in [0.15, 0.2) is 5.76 Å². The quantitative estimate of drug-likeness (QED) is 0.771. The zero-order valence-corrected chi connectivity index (χ0v) is 9.24. The maximum absolute atomic E-state index is 11.9. The standard InChI is InChI=1S/C12H16N2O2/c15-11(10-2-1-7-16-10)14-8-12(9-14)3-5-13-6-4-12/h1-2,7,13H,3-6,8-9H2. The van der Waals surface area contributed by atoms with Crippen LogP contribution in [0.4, 0.5) is 0 Å². The Morgan fingerprint density at radius 3 is 2.75 bits per heavy atom. The molecule has 16 heavy (non-hydrogen) atoms. The highest BCUT2D eigenvalue weighted by atomic mass is 16.3. The van der Waals surface area contributed by atoms with Gasteiger partial charge in [0.1, 0.15) is 0 Å². The molecule has 4 heteroatoms. The summed E-state index contributed by atoms with van der Waals surface area (Å²) in [4.78, 5) is 13.8. The number of amides is 1. The van der Waals surface area contributed by atoms with Crippen molar-refractivity contribution < 1.29 is 9.21 Å². The molecule has 1 aromatic rings. The van der Waals surface area contributed by atoms with Crippen LogP contribution in [0.15, 0.2) is 22.8 Å². The summed E-state index contributed by atoms with van der Waals surface area (Å²) in [6.07, 6.45) is 3.93. The van der Waals surface area contributed by atoms with Crippen LogP contribution in [0.25, 0.3) is 0 Å². The van der Waals surface area contributed by atoms with Gasteiger partial charge in [-0.05, 0) is 38.1 Å². The lowest BCUT2D eigenvalue weighted by molar-refractivity contribution is -0.0132. The van der Waals surface area contributed by atoms with Crippen molar-refractivity contribution in [3.63, 3.8) is 0 Å². The number of piperidine rings is 1. The summed E-state index contributed by atoms with van der Waals surface area (Å²) < 4.78 is 5.12. The van der Waals surface area contributed by atoms with Crippen molar-refractivity contribution in [2.45, 2.75) is 12.8 Å². The predicted molar refractivity (Wildman–Crippen MR) is 59.1 cm³/mol. The molecular weight excluding hydrogens is 204 g/mol. The van der Waals surface area contributed by atoms with E-state index in [1.54, 1.807) is 18.4 Å². The minimum absolute atomic E-state index is 0.0363. The number of likely N-dealkylation sites (tertiary alicyclic amines) is 1. The van der Waals surface area contributed by atoms with Crippen molar-refractivity contribution in [1.82, 2.24) is 10.2 Å². The summed E-state index contributed by atoms with van der Waals surface area (Å²) in [6.45, 7) is 3.97. The topological polar surface area (TPSA) is 45.5 Å². The molecule has 2 fully saturated rings. The number of hydrogen-bond donors (Lipinski definition) is 1. The number of furan rings is 1. The SMILES string of the molecule is O=C(c1ccco1)N1CC2(CCNCC2)C1. The van der Waals surface area contributed by atoms with E-state index in [1.807, 2.05) is 4.90 Å². The van der Waals surface area contributed by atoms with E-state index in [1.165, 1.54) is 12.8 Å². The first-order valence-corrected chi connectivity index (χ1v) is 5.83. The largest absolute Gasteiger partial charge is 0.459 e. The Bertz CT molecular complexity index is 372. The lowest BCUT2D eigenvalue weighted by atomic mass is 9.72. The monoisotopic (exact) mass is 220 g/mol. The van der Waals surface area contributed by atoms with Crippen LogP contribution in [0.3, 0.4) is 0 Å². The van der Waals surface area contributed by atoms with Crippen molar-refractivity contribution in [3.05, 3.63) is 24.2 Å². The number of nitrogens with one attached hydrogen (secondary N) is 1. The Morgan fingerprint density at radius 1 is 1.38 bits per heavy atom. The Balaban J connectivity index is 1.62. The second kappa shape index (κ2) is 3.63. The third kappa shape index (κ3) is 1.53. The molecule has 0 unspecified atom stereocenters. The second-order valence-electron chi connectivity index (χ2n) is 4.89. The highest BCUT2D eigenvalue weighted by Gasteiger charge is 2.45. The molecule has 86 valence electrons. The van der Waals surface area contributed by atoms with Gasteiger partial charge < -0.3 is 14.6 Å². The third-order valence-corrected chi connectivity index (χ3v) is 3.74. The molecule has 0 aliphatic carbocycles. The summed E-state index contributed by atoms with van der Waals surface area (Å²) in [5, 5.41) is 3.36. The molecule has 0 radical (unpaired) electrons. The molecule has 0 bridgehead atoms. The second-order valence-corrected chi connectivity index (χ2v) is 4.89. The molecule has 2 saturated heterocycles. The fourth-order valence-electron chi connectivity index (χ4n) is 2.74. The van der Waals surface area contributed by atoms with Gasteiger partial charge in [-0.3, -0.25) is 4.79 Å². The molecule has 3 rings (SSSR count). The van der Waals surface area contributed by atoms with Crippen LogP contribution in [0.1, 0.15) is 23.4 Å². The average molecular weight is 220 g/mol. The minimum atomic E-state index is 0.0363. The maximum atomic E-state index is 11.9. The Morgan fingerprint density at radius 2 is 2.12 bits per heavy atom. The summed E-state index contributed by atoms with van der Waals surface area (Å²) in [5.74, 6) is 0.498. The van der Waals surface area contributed by atoms with Gasteiger partial charge in [-0.15, -0.1) is 0 Å². The highest BCUT2D eigenvalue weighted by molar-refractivity contribution is 5.92. The molecule has 2 aliphatic heterocycles. The van der Waals surface area contributed by atoms with Crippen LogP contribution >= 0.6 is 0 Å². The fraction of sp³-hybridized carbons (Fsp3) is 0.583. The molecule has 1 amide bonds. The van der Waals surface area contributed by atoms with Gasteiger partial charge in [-0.2, -0.15) is 0 Å². The predicted octanol–water partition coefficient (Wildman–Crippen LogP) is 1.11. The Labute approximate surface area is 94.6 Å². The number of hydrogen-bond acceptors (Lipinski definition) is 3. The van der Waals surface area contributed by atoms with Gasteiger partial charge in [0.05, 0.1) is 6.26 Å². The Hall–Kier alpha value is -1.29. The van der Waals surface area contributed by atoms with E-state index >= 15 is 0 Å². The summed E-state index contributed by atoms with van der Waals surface area (Å²) >= 11 is 0. The molecule has 4 nitrogen and oxygen atoms in total. The summed E-state index contributed by atoms with van der Waals surface area (Å²) in [6, 6.07) is 3.49. The van der Waals surface area contributed by atoms with Gasteiger partial charge in [0.25, 0.3) is 5.91 Å². The van der Waals surface area contributed by atoms with Crippen LogP contribution < -0.4 is 5.32 Å². The van der Waals surface area contributed by atoms with E-state index in [-0.39, 0.29) is 5.91 Å². The van der Waals surface area contributed by atoms with E-state index < -0.39 is 0 Å². The van der Waals surface area contributed by atoms with Crippen LogP contribution in [0, 0.1) is 5.41 Å². The van der Waals surface area contributed by atoms with E-state index in [4.69, 9.17) is 4.42 Å². The highest BCUT2D eigenvalue weighted by Crippen LogP contribution is 2.39. The number of rotatable bonds is 1. The first-order valence-electron chi connectivity index (χ1n) is 5.83. The van der Waals surface area contributed by atoms with Crippen molar-refractivity contribution in [2.75, 3.05) is 26.2 Å².